The molecule has 3 heterocycles. The predicted molar refractivity (Wildman–Crippen MR) is 128 cm³/mol. The van der Waals surface area contributed by atoms with Gasteiger partial charge >= 0.3 is 0 Å². The minimum atomic E-state index is -0.474. The van der Waals surface area contributed by atoms with E-state index in [4.69, 9.17) is 9.72 Å². The zero-order valence-electron chi connectivity index (χ0n) is 18.6. The van der Waals surface area contributed by atoms with Gasteiger partial charge in [0.05, 0.1) is 16.3 Å². The van der Waals surface area contributed by atoms with Crippen LogP contribution >= 0.6 is 23.1 Å². The van der Waals surface area contributed by atoms with E-state index in [1.54, 1.807) is 22.8 Å². The van der Waals surface area contributed by atoms with Gasteiger partial charge in [0.1, 0.15) is 10.6 Å². The third-order valence-corrected chi connectivity index (χ3v) is 7.54. The molecule has 0 bridgehead atoms. The Kier molecular flexibility index (Phi) is 6.13. The first-order valence-electron chi connectivity index (χ1n) is 10.4. The molecular weight excluding hydrogens is 446 g/mol. The first-order valence-corrected chi connectivity index (χ1v) is 12.1. The highest BCUT2D eigenvalue weighted by Gasteiger charge is 2.24. The van der Waals surface area contributed by atoms with Gasteiger partial charge in [-0.2, -0.15) is 0 Å². The molecule has 0 spiro atoms. The van der Waals surface area contributed by atoms with Crippen molar-refractivity contribution >= 4 is 50.7 Å². The van der Waals surface area contributed by atoms with Crippen molar-refractivity contribution in [3.63, 3.8) is 0 Å². The highest BCUT2D eigenvalue weighted by atomic mass is 32.2. The topological polar surface area (TPSA) is 90.3 Å². The number of aryl methyl sites for hydroxylation is 2. The van der Waals surface area contributed by atoms with Crippen LogP contribution in [0.25, 0.3) is 10.2 Å². The molecule has 0 fully saturated rings. The zero-order chi connectivity index (χ0) is 23.2. The summed E-state index contributed by atoms with van der Waals surface area (Å²) in [6.45, 7) is 10.4. The van der Waals surface area contributed by atoms with Crippen molar-refractivity contribution in [1.82, 2.24) is 9.55 Å². The fourth-order valence-electron chi connectivity index (χ4n) is 3.61. The number of ketones is 1. The number of nitrogens with one attached hydrogen (secondary N) is 1. The average molecular weight is 472 g/mol. The highest BCUT2D eigenvalue weighted by Crippen LogP contribution is 2.33. The number of thiophene rings is 1. The van der Waals surface area contributed by atoms with Crippen molar-refractivity contribution < 1.29 is 14.3 Å². The monoisotopic (exact) mass is 471 g/mol. The number of Topliss-reactive ketones (excluding diaryl/α,β-unsaturated/α-hetero) is 1. The Balaban J connectivity index is 1.68. The van der Waals surface area contributed by atoms with Crippen LogP contribution in [0.15, 0.2) is 28.2 Å². The summed E-state index contributed by atoms with van der Waals surface area (Å²) in [4.78, 5) is 44.7. The number of nitrogens with zero attached hydrogens (tertiary/aromatic N) is 2. The Morgan fingerprint density at radius 3 is 2.75 bits per heavy atom. The van der Waals surface area contributed by atoms with E-state index in [2.05, 4.69) is 19.2 Å². The second-order valence-corrected chi connectivity index (χ2v) is 10.9. The molecule has 0 saturated heterocycles. The van der Waals surface area contributed by atoms with E-state index in [1.807, 2.05) is 20.8 Å². The van der Waals surface area contributed by atoms with Gasteiger partial charge in [-0.05, 0) is 50.5 Å². The largest absolute Gasteiger partial charge is 0.482 e. The minimum Gasteiger partial charge on any atom is -0.482 e. The average Bonchev–Trinajstić information content (AvgIpc) is 3.02. The van der Waals surface area contributed by atoms with Gasteiger partial charge in [-0.25, -0.2) is 4.98 Å². The summed E-state index contributed by atoms with van der Waals surface area (Å²) >= 11 is 2.79. The maximum absolute atomic E-state index is 13.3. The van der Waals surface area contributed by atoms with E-state index < -0.39 is 5.25 Å². The third kappa shape index (κ3) is 4.19. The van der Waals surface area contributed by atoms with Crippen LogP contribution in [0.2, 0.25) is 0 Å². The number of carbonyl (C=O) groups is 2. The minimum absolute atomic E-state index is 0.0320. The van der Waals surface area contributed by atoms with Crippen LogP contribution in [0, 0.1) is 19.8 Å². The van der Waals surface area contributed by atoms with Gasteiger partial charge in [0, 0.05) is 17.0 Å². The van der Waals surface area contributed by atoms with Crippen LogP contribution in [0.3, 0.4) is 0 Å². The lowest BCUT2D eigenvalue weighted by Gasteiger charge is -2.19. The molecule has 1 atom stereocenters. The molecule has 168 valence electrons. The second kappa shape index (κ2) is 8.71. The molecule has 1 N–H and O–H groups in total. The molecule has 4 rings (SSSR count). The Morgan fingerprint density at radius 1 is 1.28 bits per heavy atom. The third-order valence-electron chi connectivity index (χ3n) is 5.35. The molecule has 1 aromatic carbocycles. The number of benzene rings is 1. The fourth-order valence-corrected chi connectivity index (χ4v) is 5.67. The second-order valence-electron chi connectivity index (χ2n) is 8.34. The van der Waals surface area contributed by atoms with Crippen LogP contribution in [-0.2, 0) is 11.3 Å². The van der Waals surface area contributed by atoms with Crippen molar-refractivity contribution in [1.29, 1.82) is 0 Å². The van der Waals surface area contributed by atoms with Crippen LogP contribution in [0.5, 0.6) is 5.75 Å². The smallest absolute Gasteiger partial charge is 0.263 e. The van der Waals surface area contributed by atoms with Gasteiger partial charge in [0.25, 0.3) is 11.5 Å². The van der Waals surface area contributed by atoms with E-state index in [1.165, 1.54) is 23.1 Å². The van der Waals surface area contributed by atoms with Crippen molar-refractivity contribution in [3.8, 4) is 5.75 Å². The van der Waals surface area contributed by atoms with Gasteiger partial charge in [-0.15, -0.1) is 11.3 Å². The molecule has 1 amide bonds. The quantitative estimate of drug-likeness (QED) is 0.325. The predicted octanol–water partition coefficient (Wildman–Crippen LogP) is 4.43. The van der Waals surface area contributed by atoms with E-state index in [9.17, 15) is 14.4 Å². The maximum Gasteiger partial charge on any atom is 0.263 e. The molecule has 1 aliphatic heterocycles. The summed E-state index contributed by atoms with van der Waals surface area (Å²) in [5.74, 6) is 0.437. The summed E-state index contributed by atoms with van der Waals surface area (Å²) in [5.41, 5.74) is 1.88. The Hall–Kier alpha value is -2.65. The van der Waals surface area contributed by atoms with Gasteiger partial charge in [0.15, 0.2) is 17.5 Å². The number of hydrogen-bond acceptors (Lipinski definition) is 7. The SMILES string of the molecule is Cc1sc2nc(S[C@H](C)C(=O)c3ccc4c(c3)NC(=O)CO4)n(CC(C)C)c(=O)c2c1C. The molecule has 0 aliphatic carbocycles. The summed E-state index contributed by atoms with van der Waals surface area (Å²) in [6, 6.07) is 5.02. The number of ether oxygens (including phenoxy) is 1. The summed E-state index contributed by atoms with van der Waals surface area (Å²) in [5, 5.41) is 3.47. The van der Waals surface area contributed by atoms with Crippen molar-refractivity contribution in [2.75, 3.05) is 11.9 Å². The molecule has 2 aromatic heterocycles. The lowest BCUT2D eigenvalue weighted by atomic mass is 10.1. The molecule has 9 heteroatoms. The van der Waals surface area contributed by atoms with Crippen molar-refractivity contribution in [3.05, 3.63) is 44.6 Å². The van der Waals surface area contributed by atoms with E-state index in [0.29, 0.717) is 38.9 Å². The summed E-state index contributed by atoms with van der Waals surface area (Å²) in [6.07, 6.45) is 0. The molecule has 3 aromatic rings. The molecule has 1 aliphatic rings. The summed E-state index contributed by atoms with van der Waals surface area (Å²) < 4.78 is 7.07. The van der Waals surface area contributed by atoms with Gasteiger partial charge in [0.2, 0.25) is 0 Å². The first kappa shape index (κ1) is 22.5. The number of aromatic nitrogens is 2. The number of thioether (sulfide) groups is 1. The molecule has 0 unspecified atom stereocenters. The molecule has 0 radical (unpaired) electrons. The maximum atomic E-state index is 13.3. The van der Waals surface area contributed by atoms with Gasteiger partial charge in [-0.1, -0.05) is 25.6 Å². The van der Waals surface area contributed by atoms with E-state index in [-0.39, 0.29) is 29.8 Å². The van der Waals surface area contributed by atoms with Crippen molar-refractivity contribution in [2.45, 2.75) is 51.6 Å². The Morgan fingerprint density at radius 2 is 2.03 bits per heavy atom. The number of fused-ring (bicyclic) bond motifs is 2. The highest BCUT2D eigenvalue weighted by molar-refractivity contribution is 8.00. The molecule has 0 saturated carbocycles. The fraction of sp³-hybridized carbons (Fsp3) is 0.391. The molecular formula is C23H25N3O4S2. The zero-order valence-corrected chi connectivity index (χ0v) is 20.3. The normalized spacial score (nSPS) is 14.2. The number of amides is 1. The number of hydrogen-bond donors (Lipinski definition) is 1. The van der Waals surface area contributed by atoms with Crippen LogP contribution in [0.4, 0.5) is 5.69 Å². The lowest BCUT2D eigenvalue weighted by molar-refractivity contribution is -0.118. The Bertz CT molecular complexity index is 1290. The van der Waals surface area contributed by atoms with Gasteiger partial charge in [-0.3, -0.25) is 19.0 Å². The van der Waals surface area contributed by atoms with Crippen LogP contribution < -0.4 is 15.6 Å². The van der Waals surface area contributed by atoms with E-state index >= 15 is 0 Å². The van der Waals surface area contributed by atoms with Gasteiger partial charge < -0.3 is 10.1 Å². The van der Waals surface area contributed by atoms with Crippen LogP contribution in [-0.4, -0.2) is 33.1 Å². The van der Waals surface area contributed by atoms with Crippen molar-refractivity contribution in [2.24, 2.45) is 5.92 Å². The first-order chi connectivity index (χ1) is 15.2. The number of carbonyl (C=O) groups excluding carboxylic acids is 2. The van der Waals surface area contributed by atoms with E-state index in [0.717, 1.165) is 10.4 Å². The lowest BCUT2D eigenvalue weighted by Crippen LogP contribution is -2.27. The number of rotatable bonds is 6. The standard InChI is InChI=1S/C23H25N3O4S2/c1-11(2)9-26-22(29)19-12(3)13(4)31-21(19)25-23(26)32-14(5)20(28)15-6-7-17-16(8-15)24-18(27)10-30-17/h6-8,11,14H,9-10H2,1-5H3,(H,24,27)/t14-/m1/s1. The Labute approximate surface area is 194 Å². The molecule has 32 heavy (non-hydrogen) atoms. The molecule has 7 nitrogen and oxygen atoms in total. The number of anilines is 1. The summed E-state index contributed by atoms with van der Waals surface area (Å²) in [7, 11) is 0. The van der Waals surface area contributed by atoms with Crippen LogP contribution in [0.1, 0.15) is 41.6 Å².